The van der Waals surface area contributed by atoms with E-state index in [0.717, 1.165) is 11.3 Å². The molecule has 10 nitrogen and oxygen atoms in total. The summed E-state index contributed by atoms with van der Waals surface area (Å²) in [7, 11) is 4.62. The summed E-state index contributed by atoms with van der Waals surface area (Å²) in [5.41, 5.74) is 8.29. The van der Waals surface area contributed by atoms with Crippen molar-refractivity contribution in [2.24, 2.45) is 15.7 Å². The second-order valence-corrected chi connectivity index (χ2v) is 7.41. The van der Waals surface area contributed by atoms with Gasteiger partial charge in [-0.15, -0.1) is 0 Å². The highest BCUT2D eigenvalue weighted by molar-refractivity contribution is 5.92. The molecule has 0 spiro atoms. The molecule has 1 aromatic carbocycles. The van der Waals surface area contributed by atoms with Crippen LogP contribution >= 0.6 is 0 Å². The van der Waals surface area contributed by atoms with Crippen molar-refractivity contribution in [3.63, 3.8) is 0 Å². The maximum Gasteiger partial charge on any atom is 0.237 e. The van der Waals surface area contributed by atoms with Crippen LogP contribution in [0.4, 0.5) is 5.69 Å². The number of carbonyl (C=O) groups excluding carboxylic acids is 1. The Bertz CT molecular complexity index is 1160. The monoisotopic (exact) mass is 465 g/mol. The van der Waals surface area contributed by atoms with E-state index in [1.54, 1.807) is 23.2 Å². The molecule has 34 heavy (non-hydrogen) atoms. The zero-order chi connectivity index (χ0) is 24.7. The van der Waals surface area contributed by atoms with E-state index in [4.69, 9.17) is 29.6 Å². The smallest absolute Gasteiger partial charge is 0.237 e. The van der Waals surface area contributed by atoms with E-state index in [1.807, 2.05) is 19.1 Å². The molecule has 3 rings (SSSR count). The summed E-state index contributed by atoms with van der Waals surface area (Å²) in [5, 5.41) is 8.79. The van der Waals surface area contributed by atoms with Crippen molar-refractivity contribution in [3.8, 4) is 23.3 Å². The molecule has 0 saturated heterocycles. The van der Waals surface area contributed by atoms with E-state index in [-0.39, 0.29) is 12.3 Å². The molecular weight excluding hydrogens is 438 g/mol. The van der Waals surface area contributed by atoms with E-state index < -0.39 is 0 Å². The third-order valence-electron chi connectivity index (χ3n) is 5.32. The van der Waals surface area contributed by atoms with Gasteiger partial charge in [0.2, 0.25) is 11.7 Å². The van der Waals surface area contributed by atoms with Gasteiger partial charge in [-0.25, -0.2) is 4.99 Å². The Morgan fingerprint density at radius 1 is 1.24 bits per heavy atom. The second kappa shape index (κ2) is 11.0. The minimum atomic E-state index is -0.194. The van der Waals surface area contributed by atoms with Gasteiger partial charge in [0.15, 0.2) is 17.3 Å². The van der Waals surface area contributed by atoms with Crippen LogP contribution in [0.1, 0.15) is 30.4 Å². The number of ether oxygens (including phenoxy) is 3. The van der Waals surface area contributed by atoms with E-state index in [0.29, 0.717) is 59.5 Å². The van der Waals surface area contributed by atoms with Crippen LogP contribution in [-0.2, 0) is 17.8 Å². The van der Waals surface area contributed by atoms with Gasteiger partial charge in [-0.3, -0.25) is 9.79 Å². The number of nitrogens with two attached hydrogens (primary N) is 1. The predicted molar refractivity (Wildman–Crippen MR) is 128 cm³/mol. The van der Waals surface area contributed by atoms with Crippen molar-refractivity contribution in [3.05, 3.63) is 40.9 Å². The lowest BCUT2D eigenvalue weighted by molar-refractivity contribution is -0.131. The van der Waals surface area contributed by atoms with E-state index >= 15 is 0 Å². The normalized spacial score (nSPS) is 14.0. The number of allylic oxidation sites excluding steroid dienone is 1. The van der Waals surface area contributed by atoms with Gasteiger partial charge < -0.3 is 29.3 Å². The molecule has 2 aromatic rings. The Labute approximate surface area is 197 Å². The molecule has 0 radical (unpaired) electrons. The van der Waals surface area contributed by atoms with Crippen LogP contribution in [0.15, 0.2) is 38.2 Å². The number of nitrogens with zero attached hydrogens (tertiary/aromatic N) is 4. The van der Waals surface area contributed by atoms with Crippen LogP contribution in [0.25, 0.3) is 5.70 Å². The molecule has 1 aromatic heterocycles. The second-order valence-electron chi connectivity index (χ2n) is 7.41. The molecule has 2 heterocycles. The van der Waals surface area contributed by atoms with Crippen molar-refractivity contribution in [1.82, 2.24) is 4.90 Å². The minimum absolute atomic E-state index is 0.140. The molecule has 0 atom stereocenters. The molecule has 0 saturated carbocycles. The number of hydrogen-bond donors (Lipinski definition) is 1. The molecule has 1 aliphatic heterocycles. The molecule has 178 valence electrons. The average molecular weight is 466 g/mol. The van der Waals surface area contributed by atoms with E-state index in [2.05, 4.69) is 9.98 Å². The molecule has 0 unspecified atom stereocenters. The quantitative estimate of drug-likeness (QED) is 0.467. The lowest BCUT2D eigenvalue weighted by Crippen LogP contribution is -2.35. The van der Waals surface area contributed by atoms with E-state index in [9.17, 15) is 4.79 Å². The number of furan rings is 1. The molecule has 0 bridgehead atoms. The Kier molecular flexibility index (Phi) is 7.92. The molecule has 0 fully saturated rings. The number of fused-ring (bicyclic) bond motifs is 1. The maximum atomic E-state index is 12.1. The summed E-state index contributed by atoms with van der Waals surface area (Å²) in [6.45, 7) is 2.73. The molecule has 2 N–H and O–H groups in total. The fourth-order valence-corrected chi connectivity index (χ4v) is 3.65. The zero-order valence-corrected chi connectivity index (χ0v) is 19.6. The lowest BCUT2D eigenvalue weighted by Gasteiger charge is -2.25. The Morgan fingerprint density at radius 3 is 2.53 bits per heavy atom. The number of rotatable bonds is 8. The standard InChI is InChI=1S/C24H27N5O5/c1-15(12-27-17-10-20(31-2)24(33-4)21(11-17)32-3)23(28-14-26)19-9-16-13-29(22(30)5-7-25)8-6-18(16)34-19/h9-12,14H,5-6,8,13H2,1-4H3,(H2,26,28)/b23-15-,27-12?. The highest BCUT2D eigenvalue weighted by Crippen LogP contribution is 2.41. The summed E-state index contributed by atoms with van der Waals surface area (Å²) in [6, 6.07) is 7.21. The van der Waals surface area contributed by atoms with Crippen LogP contribution in [0.3, 0.4) is 0 Å². The highest BCUT2D eigenvalue weighted by atomic mass is 16.5. The SMILES string of the molecule is COc1cc(N=C/C(C)=C(\N=CN)c2cc3c(o2)CCN(C(=O)CC#N)C3)cc(OC)c1OC. The highest BCUT2D eigenvalue weighted by Gasteiger charge is 2.25. The topological polar surface area (TPSA) is 136 Å². The van der Waals surface area contributed by atoms with Crippen LogP contribution in [-0.4, -0.2) is 51.2 Å². The van der Waals surface area contributed by atoms with Crippen molar-refractivity contribution in [1.29, 1.82) is 5.26 Å². The van der Waals surface area contributed by atoms with Crippen LogP contribution < -0.4 is 19.9 Å². The Balaban J connectivity index is 1.92. The summed E-state index contributed by atoms with van der Waals surface area (Å²) in [5.74, 6) is 2.58. The largest absolute Gasteiger partial charge is 0.493 e. The lowest BCUT2D eigenvalue weighted by atomic mass is 10.1. The number of hydrogen-bond acceptors (Lipinski definition) is 8. The van der Waals surface area contributed by atoms with E-state index in [1.165, 1.54) is 27.7 Å². The van der Waals surface area contributed by atoms with Crippen molar-refractivity contribution in [2.75, 3.05) is 27.9 Å². The van der Waals surface area contributed by atoms with Gasteiger partial charge in [0.25, 0.3) is 0 Å². The number of methoxy groups -OCH3 is 3. The third kappa shape index (κ3) is 5.20. The Hall–Kier alpha value is -4.26. The Morgan fingerprint density at radius 2 is 1.94 bits per heavy atom. The molecule has 1 amide bonds. The van der Waals surface area contributed by atoms with Gasteiger partial charge in [0.1, 0.15) is 17.9 Å². The van der Waals surface area contributed by atoms with Crippen molar-refractivity contribution >= 4 is 29.8 Å². The molecular formula is C24H27N5O5. The number of amides is 1. The maximum absolute atomic E-state index is 12.1. The summed E-state index contributed by atoms with van der Waals surface area (Å²) >= 11 is 0. The molecule has 0 aliphatic carbocycles. The first-order valence-corrected chi connectivity index (χ1v) is 10.5. The van der Waals surface area contributed by atoms with Gasteiger partial charge in [-0.05, 0) is 18.6 Å². The average Bonchev–Trinajstić information content (AvgIpc) is 3.28. The van der Waals surface area contributed by atoms with Gasteiger partial charge in [-0.1, -0.05) is 0 Å². The van der Waals surface area contributed by atoms with Crippen LogP contribution in [0, 0.1) is 11.3 Å². The number of nitriles is 1. The van der Waals surface area contributed by atoms with Gasteiger partial charge >= 0.3 is 0 Å². The van der Waals surface area contributed by atoms with Crippen LogP contribution in [0.5, 0.6) is 17.2 Å². The fraction of sp³-hybridized carbons (Fsp3) is 0.333. The van der Waals surface area contributed by atoms with Gasteiger partial charge in [0.05, 0.1) is 39.4 Å². The van der Waals surface area contributed by atoms with Crippen LogP contribution in [0.2, 0.25) is 0 Å². The first kappa shape index (κ1) is 24.4. The summed E-state index contributed by atoms with van der Waals surface area (Å²) in [6.07, 6.45) is 3.26. The first-order chi connectivity index (χ1) is 16.4. The van der Waals surface area contributed by atoms with Gasteiger partial charge in [-0.2, -0.15) is 5.26 Å². The molecule has 10 heteroatoms. The number of carbonyl (C=O) groups is 1. The third-order valence-corrected chi connectivity index (χ3v) is 5.32. The van der Waals surface area contributed by atoms with Crippen molar-refractivity contribution in [2.45, 2.75) is 26.3 Å². The number of aliphatic imine (C=N–C) groups is 2. The van der Waals surface area contributed by atoms with Crippen molar-refractivity contribution < 1.29 is 23.4 Å². The summed E-state index contributed by atoms with van der Waals surface area (Å²) < 4.78 is 22.1. The predicted octanol–water partition coefficient (Wildman–Crippen LogP) is 3.22. The minimum Gasteiger partial charge on any atom is -0.493 e. The number of benzene rings is 1. The van der Waals surface area contributed by atoms with Gasteiger partial charge in [0, 0.05) is 43.4 Å². The fourth-order valence-electron chi connectivity index (χ4n) is 3.65. The summed E-state index contributed by atoms with van der Waals surface area (Å²) in [4.78, 5) is 22.6. The first-order valence-electron chi connectivity index (χ1n) is 10.5. The molecule has 1 aliphatic rings. The zero-order valence-electron chi connectivity index (χ0n) is 19.6.